The fourth-order valence-corrected chi connectivity index (χ4v) is 1.90. The van der Waals surface area contributed by atoms with Crippen molar-refractivity contribution in [1.29, 1.82) is 0 Å². The fraction of sp³-hybridized carbons (Fsp3) is 0.733. The summed E-state index contributed by atoms with van der Waals surface area (Å²) in [7, 11) is 2.01. The summed E-state index contributed by atoms with van der Waals surface area (Å²) >= 11 is 0. The molecular formula is C15H30N2. The van der Waals surface area contributed by atoms with Crippen molar-refractivity contribution in [2.24, 2.45) is 0 Å². The number of nitrogens with one attached hydrogen (secondary N) is 2. The molecule has 2 unspecified atom stereocenters. The number of hydrogen-bond acceptors (Lipinski definition) is 2. The Morgan fingerprint density at radius 2 is 1.88 bits per heavy atom. The van der Waals surface area contributed by atoms with Crippen LogP contribution in [0, 0.1) is 0 Å². The molecule has 0 aliphatic rings. The summed E-state index contributed by atoms with van der Waals surface area (Å²) < 4.78 is 0. The summed E-state index contributed by atoms with van der Waals surface area (Å²) in [5, 5.41) is 6.82. The van der Waals surface area contributed by atoms with Gasteiger partial charge in [-0.15, -0.1) is 0 Å². The lowest BCUT2D eigenvalue weighted by Crippen LogP contribution is -2.33. The summed E-state index contributed by atoms with van der Waals surface area (Å²) in [6.45, 7) is 14.7. The van der Waals surface area contributed by atoms with Crippen molar-refractivity contribution in [2.75, 3.05) is 7.05 Å². The molecule has 0 rings (SSSR count). The quantitative estimate of drug-likeness (QED) is 0.568. The molecule has 0 heterocycles. The Kier molecular flexibility index (Phi) is 8.87. The zero-order chi connectivity index (χ0) is 13.3. The molecule has 0 aromatic heterocycles. The van der Waals surface area contributed by atoms with Gasteiger partial charge in [0.05, 0.1) is 0 Å². The SMILES string of the molecule is C=C(CC(CC)NC)NC(CCCC)C(=C)C. The number of unbranched alkanes of at least 4 members (excludes halogenated alkanes) is 1. The molecule has 0 aliphatic heterocycles. The normalized spacial score (nSPS) is 14.1. The Labute approximate surface area is 108 Å². The lowest BCUT2D eigenvalue weighted by molar-refractivity contribution is 0.496. The van der Waals surface area contributed by atoms with Gasteiger partial charge in [0.2, 0.25) is 0 Å². The second kappa shape index (κ2) is 9.29. The first-order valence-corrected chi connectivity index (χ1v) is 6.82. The van der Waals surface area contributed by atoms with E-state index in [2.05, 4.69) is 44.6 Å². The van der Waals surface area contributed by atoms with Gasteiger partial charge in [-0.2, -0.15) is 0 Å². The fourth-order valence-electron chi connectivity index (χ4n) is 1.90. The minimum absolute atomic E-state index is 0.386. The van der Waals surface area contributed by atoms with Crippen LogP contribution in [0.3, 0.4) is 0 Å². The Bertz CT molecular complexity index is 229. The molecular weight excluding hydrogens is 208 g/mol. The van der Waals surface area contributed by atoms with Gasteiger partial charge < -0.3 is 10.6 Å². The van der Waals surface area contributed by atoms with E-state index in [-0.39, 0.29) is 0 Å². The highest BCUT2D eigenvalue weighted by atomic mass is 14.9. The third-order valence-corrected chi connectivity index (χ3v) is 3.21. The summed E-state index contributed by atoms with van der Waals surface area (Å²) in [5.41, 5.74) is 2.33. The summed E-state index contributed by atoms with van der Waals surface area (Å²) in [4.78, 5) is 0. The van der Waals surface area contributed by atoms with Gasteiger partial charge in [0.1, 0.15) is 0 Å². The molecule has 0 fully saturated rings. The van der Waals surface area contributed by atoms with Crippen molar-refractivity contribution in [3.8, 4) is 0 Å². The average Bonchev–Trinajstić information content (AvgIpc) is 2.30. The molecule has 2 atom stereocenters. The molecule has 0 saturated heterocycles. The monoisotopic (exact) mass is 238 g/mol. The predicted molar refractivity (Wildman–Crippen MR) is 78.2 cm³/mol. The van der Waals surface area contributed by atoms with E-state index >= 15 is 0 Å². The van der Waals surface area contributed by atoms with Crippen LogP contribution in [0.4, 0.5) is 0 Å². The molecule has 0 saturated carbocycles. The van der Waals surface area contributed by atoms with Crippen molar-refractivity contribution in [3.05, 3.63) is 24.4 Å². The van der Waals surface area contributed by atoms with Crippen molar-refractivity contribution >= 4 is 0 Å². The average molecular weight is 238 g/mol. The van der Waals surface area contributed by atoms with Crippen LogP contribution in [0.15, 0.2) is 24.4 Å². The largest absolute Gasteiger partial charge is 0.382 e. The van der Waals surface area contributed by atoms with E-state index in [0.29, 0.717) is 12.1 Å². The standard InChI is InChI=1S/C15H30N2/c1-7-9-10-15(12(3)4)17-13(5)11-14(8-2)16-6/h14-17H,3,5,7-11H2,1-2,4,6H3. The second-order valence-electron chi connectivity index (χ2n) is 4.89. The van der Waals surface area contributed by atoms with Gasteiger partial charge in [-0.05, 0) is 26.8 Å². The second-order valence-corrected chi connectivity index (χ2v) is 4.89. The van der Waals surface area contributed by atoms with Gasteiger partial charge in [0, 0.05) is 24.2 Å². The van der Waals surface area contributed by atoms with E-state index in [1.807, 2.05) is 7.05 Å². The molecule has 2 heteroatoms. The number of hydrogen-bond donors (Lipinski definition) is 2. The third-order valence-electron chi connectivity index (χ3n) is 3.21. The maximum absolute atomic E-state index is 4.13. The Balaban J connectivity index is 4.15. The predicted octanol–water partition coefficient (Wildman–Crippen LogP) is 3.61. The van der Waals surface area contributed by atoms with Crippen LogP contribution in [0.2, 0.25) is 0 Å². The van der Waals surface area contributed by atoms with Crippen LogP contribution in [-0.2, 0) is 0 Å². The van der Waals surface area contributed by atoms with Crippen LogP contribution >= 0.6 is 0 Å². The number of rotatable bonds is 10. The van der Waals surface area contributed by atoms with Crippen LogP contribution in [0.1, 0.15) is 52.9 Å². The van der Waals surface area contributed by atoms with Crippen LogP contribution in [0.25, 0.3) is 0 Å². The van der Waals surface area contributed by atoms with E-state index in [4.69, 9.17) is 0 Å². The molecule has 0 bridgehead atoms. The van der Waals surface area contributed by atoms with Crippen LogP contribution in [-0.4, -0.2) is 19.1 Å². The Hall–Kier alpha value is -0.760. The first-order valence-electron chi connectivity index (χ1n) is 6.82. The van der Waals surface area contributed by atoms with Gasteiger partial charge >= 0.3 is 0 Å². The van der Waals surface area contributed by atoms with E-state index in [1.165, 1.54) is 18.4 Å². The Morgan fingerprint density at radius 1 is 1.24 bits per heavy atom. The van der Waals surface area contributed by atoms with Gasteiger partial charge in [-0.1, -0.05) is 45.4 Å². The summed E-state index contributed by atoms with van der Waals surface area (Å²) in [6.07, 6.45) is 5.74. The van der Waals surface area contributed by atoms with Crippen LogP contribution < -0.4 is 10.6 Å². The topological polar surface area (TPSA) is 24.1 Å². The molecule has 0 spiro atoms. The first-order chi connectivity index (χ1) is 8.04. The van der Waals surface area contributed by atoms with Crippen molar-refractivity contribution < 1.29 is 0 Å². The van der Waals surface area contributed by atoms with Crippen molar-refractivity contribution in [3.63, 3.8) is 0 Å². The van der Waals surface area contributed by atoms with Crippen molar-refractivity contribution in [1.82, 2.24) is 10.6 Å². The third kappa shape index (κ3) is 7.22. The molecule has 0 aromatic rings. The zero-order valence-electron chi connectivity index (χ0n) is 12.1. The molecule has 100 valence electrons. The van der Waals surface area contributed by atoms with E-state index in [0.717, 1.165) is 25.0 Å². The molecule has 0 aliphatic carbocycles. The zero-order valence-corrected chi connectivity index (χ0v) is 12.1. The van der Waals surface area contributed by atoms with E-state index < -0.39 is 0 Å². The highest BCUT2D eigenvalue weighted by Crippen LogP contribution is 2.12. The van der Waals surface area contributed by atoms with Crippen molar-refractivity contribution in [2.45, 2.75) is 65.0 Å². The van der Waals surface area contributed by atoms with Gasteiger partial charge in [0.15, 0.2) is 0 Å². The van der Waals surface area contributed by atoms with Gasteiger partial charge in [-0.3, -0.25) is 0 Å². The minimum Gasteiger partial charge on any atom is -0.382 e. The molecule has 17 heavy (non-hydrogen) atoms. The first kappa shape index (κ1) is 16.2. The van der Waals surface area contributed by atoms with E-state index in [1.54, 1.807) is 0 Å². The Morgan fingerprint density at radius 3 is 2.29 bits per heavy atom. The van der Waals surface area contributed by atoms with E-state index in [9.17, 15) is 0 Å². The van der Waals surface area contributed by atoms with Gasteiger partial charge in [-0.25, -0.2) is 0 Å². The molecule has 0 aromatic carbocycles. The maximum Gasteiger partial charge on any atom is 0.0465 e. The summed E-state index contributed by atoms with van der Waals surface area (Å²) in [5.74, 6) is 0. The molecule has 0 radical (unpaired) electrons. The lowest BCUT2D eigenvalue weighted by atomic mass is 10.0. The summed E-state index contributed by atoms with van der Waals surface area (Å²) in [6, 6.07) is 0.906. The lowest BCUT2D eigenvalue weighted by Gasteiger charge is -2.24. The highest BCUT2D eigenvalue weighted by Gasteiger charge is 2.11. The minimum atomic E-state index is 0.386. The highest BCUT2D eigenvalue weighted by molar-refractivity contribution is 5.08. The smallest absolute Gasteiger partial charge is 0.0465 e. The van der Waals surface area contributed by atoms with Crippen LogP contribution in [0.5, 0.6) is 0 Å². The maximum atomic E-state index is 4.13. The van der Waals surface area contributed by atoms with Gasteiger partial charge in [0.25, 0.3) is 0 Å². The molecule has 2 N–H and O–H groups in total. The molecule has 2 nitrogen and oxygen atoms in total. The molecule has 0 amide bonds.